The number of thiocarbonyl (C=S) groups is 1. The van der Waals surface area contributed by atoms with Crippen molar-refractivity contribution in [2.45, 2.75) is 31.1 Å². The summed E-state index contributed by atoms with van der Waals surface area (Å²) < 4.78 is 22.0. The Morgan fingerprint density at radius 3 is 1.23 bits per heavy atom. The highest BCUT2D eigenvalue weighted by Gasteiger charge is 2.59. The highest BCUT2D eigenvalue weighted by Crippen LogP contribution is 2.57. The van der Waals surface area contributed by atoms with E-state index < -0.39 is 11.8 Å². The summed E-state index contributed by atoms with van der Waals surface area (Å²) >= 11 is 6.22. The van der Waals surface area contributed by atoms with Gasteiger partial charge in [-0.05, 0) is 89.9 Å². The normalized spacial score (nSPS) is 23.5. The summed E-state index contributed by atoms with van der Waals surface area (Å²) in [4.78, 5) is 17.6. The summed E-state index contributed by atoms with van der Waals surface area (Å²) in [5, 5.41) is 8.03. The van der Waals surface area contributed by atoms with Crippen LogP contribution in [0.2, 0.25) is 0 Å². The minimum absolute atomic E-state index is 0.183. The van der Waals surface area contributed by atoms with Crippen LogP contribution in [0.3, 0.4) is 0 Å². The monoisotopic (exact) mass is 651 g/mol. The Kier molecular flexibility index (Phi) is 9.66. The smallest absolute Gasteiger partial charge is 0.170 e. The molecule has 0 radical (unpaired) electrons. The number of carbonyl (C=O) groups excluding carboxylic acids is 1. The van der Waals surface area contributed by atoms with E-state index in [1.807, 2.05) is 104 Å². The lowest BCUT2D eigenvalue weighted by molar-refractivity contribution is -0.145. The molecule has 0 amide bonds. The second kappa shape index (κ2) is 14.0. The number of hydrogen-bond donors (Lipinski definition) is 2. The van der Waals surface area contributed by atoms with Crippen molar-refractivity contribution < 1.29 is 23.7 Å². The molecule has 2 aliphatic heterocycles. The maximum absolute atomic E-state index is 15.3. The molecular formula is C38H41N3O5S. The van der Waals surface area contributed by atoms with Crippen molar-refractivity contribution in [1.82, 2.24) is 15.5 Å². The number of Topliss-reactive ketones (excluding diaryl/α,β-unsaturated/α-hetero) is 1. The van der Waals surface area contributed by atoms with Crippen LogP contribution in [-0.4, -0.2) is 50.8 Å². The maximum atomic E-state index is 15.3. The number of ketones is 1. The average molecular weight is 652 g/mol. The molecule has 2 fully saturated rings. The van der Waals surface area contributed by atoms with Gasteiger partial charge in [-0.25, -0.2) is 0 Å². The molecule has 2 heterocycles. The Balaban J connectivity index is 1.60. The molecule has 0 aromatic heterocycles. The molecule has 0 saturated carbocycles. The number of fused-ring (bicyclic) bond motifs is 2. The van der Waals surface area contributed by atoms with E-state index in [2.05, 4.69) is 15.5 Å². The second-order valence-electron chi connectivity index (χ2n) is 11.8. The largest absolute Gasteiger partial charge is 0.497 e. The third kappa shape index (κ3) is 6.13. The number of hydrogen-bond acceptors (Lipinski definition) is 7. The third-order valence-corrected chi connectivity index (χ3v) is 9.80. The van der Waals surface area contributed by atoms with Crippen LogP contribution >= 0.6 is 12.2 Å². The third-order valence-electron chi connectivity index (χ3n) is 9.44. The van der Waals surface area contributed by atoms with Crippen LogP contribution in [0.1, 0.15) is 53.3 Å². The van der Waals surface area contributed by atoms with Crippen molar-refractivity contribution in [2.24, 2.45) is 11.8 Å². The SMILES string of the molecule is CCNC(=S)N1C(c2ccc(OC)cc2)C2C(=O)C(C(c3ccc(OC)cc3)NC2c2ccc(OC)cc2)C1c1ccc(OC)cc1. The van der Waals surface area contributed by atoms with Gasteiger partial charge in [-0.1, -0.05) is 48.5 Å². The second-order valence-corrected chi connectivity index (χ2v) is 12.2. The van der Waals surface area contributed by atoms with E-state index >= 15 is 4.79 Å². The first kappa shape index (κ1) is 32.3. The molecule has 4 aromatic rings. The molecule has 2 N–H and O–H groups in total. The first-order chi connectivity index (χ1) is 22.9. The van der Waals surface area contributed by atoms with Crippen molar-refractivity contribution in [3.63, 3.8) is 0 Å². The molecule has 6 atom stereocenters. The van der Waals surface area contributed by atoms with Gasteiger partial charge in [0.15, 0.2) is 5.11 Å². The number of piperidine rings is 2. The Bertz CT molecular complexity index is 1560. The van der Waals surface area contributed by atoms with Gasteiger partial charge in [0.1, 0.15) is 28.8 Å². The van der Waals surface area contributed by atoms with Gasteiger partial charge in [-0.3, -0.25) is 4.79 Å². The lowest BCUT2D eigenvalue weighted by Crippen LogP contribution is -2.63. The zero-order valence-electron chi connectivity index (χ0n) is 27.3. The van der Waals surface area contributed by atoms with Gasteiger partial charge in [0.25, 0.3) is 0 Å². The molecule has 2 bridgehead atoms. The fourth-order valence-corrected chi connectivity index (χ4v) is 7.58. The minimum atomic E-state index is -0.470. The summed E-state index contributed by atoms with van der Waals surface area (Å²) in [6.45, 7) is 2.68. The number of nitrogens with zero attached hydrogens (tertiary/aromatic N) is 1. The molecule has 0 spiro atoms. The molecule has 6 rings (SSSR count). The fraction of sp³-hybridized carbons (Fsp3) is 0.316. The molecule has 9 heteroatoms. The van der Waals surface area contributed by atoms with E-state index in [-0.39, 0.29) is 30.0 Å². The number of rotatable bonds is 9. The standard InChI is InChI=1S/C38H41N3O5S/c1-6-39-38(47)41-35(25-11-19-29(45-4)20-12-25)31-33(23-7-15-27(43-2)16-8-23)40-34(24-9-17-28(44-3)18-10-24)32(37(31)42)36(41)26-13-21-30(46-5)22-14-26/h7-22,31-36,40H,6H2,1-5H3,(H,39,47). The van der Waals surface area contributed by atoms with Crippen LogP contribution in [0, 0.1) is 11.8 Å². The van der Waals surface area contributed by atoms with Crippen LogP contribution in [0.5, 0.6) is 23.0 Å². The van der Waals surface area contributed by atoms with E-state index in [4.69, 9.17) is 31.2 Å². The fourth-order valence-electron chi connectivity index (χ4n) is 7.21. The molecule has 6 unspecified atom stereocenters. The first-order valence-corrected chi connectivity index (χ1v) is 16.2. The van der Waals surface area contributed by atoms with E-state index in [0.717, 1.165) is 45.3 Å². The summed E-state index contributed by atoms with van der Waals surface area (Å²) in [6, 6.07) is 30.5. The molecule has 2 aliphatic rings. The molecule has 47 heavy (non-hydrogen) atoms. The molecular weight excluding hydrogens is 611 g/mol. The number of carbonyl (C=O) groups is 1. The van der Waals surface area contributed by atoms with E-state index in [0.29, 0.717) is 11.7 Å². The number of nitrogens with one attached hydrogen (secondary N) is 2. The Morgan fingerprint density at radius 2 is 0.936 bits per heavy atom. The number of likely N-dealkylation sites (tertiary alicyclic amines) is 1. The van der Waals surface area contributed by atoms with Gasteiger partial charge in [-0.15, -0.1) is 0 Å². The topological polar surface area (TPSA) is 81.3 Å². The van der Waals surface area contributed by atoms with Crippen LogP contribution in [0.4, 0.5) is 0 Å². The molecule has 4 aromatic carbocycles. The van der Waals surface area contributed by atoms with E-state index in [1.54, 1.807) is 28.4 Å². The van der Waals surface area contributed by atoms with Crippen LogP contribution in [0.25, 0.3) is 0 Å². The summed E-state index contributed by atoms with van der Waals surface area (Å²) in [7, 11) is 6.61. The van der Waals surface area contributed by atoms with Gasteiger partial charge < -0.3 is 34.5 Å². The lowest BCUT2D eigenvalue weighted by Gasteiger charge is -2.57. The van der Waals surface area contributed by atoms with E-state index in [9.17, 15) is 0 Å². The van der Waals surface area contributed by atoms with Crippen molar-refractivity contribution in [3.8, 4) is 23.0 Å². The van der Waals surface area contributed by atoms with Gasteiger partial charge in [0.2, 0.25) is 0 Å². The van der Waals surface area contributed by atoms with E-state index in [1.165, 1.54) is 0 Å². The Hall–Kier alpha value is -4.60. The summed E-state index contributed by atoms with van der Waals surface area (Å²) in [5.41, 5.74) is 3.95. The number of ether oxygens (including phenoxy) is 4. The highest BCUT2D eigenvalue weighted by molar-refractivity contribution is 7.80. The van der Waals surface area contributed by atoms with Crippen LogP contribution in [-0.2, 0) is 4.79 Å². The van der Waals surface area contributed by atoms with Gasteiger partial charge in [0.05, 0.1) is 52.4 Å². The van der Waals surface area contributed by atoms with Crippen LogP contribution in [0.15, 0.2) is 97.1 Å². The summed E-state index contributed by atoms with van der Waals surface area (Å²) in [6.07, 6.45) is 0. The van der Waals surface area contributed by atoms with Gasteiger partial charge in [0, 0.05) is 18.6 Å². The Labute approximate surface area is 282 Å². The first-order valence-electron chi connectivity index (χ1n) is 15.8. The van der Waals surface area contributed by atoms with Crippen molar-refractivity contribution >= 4 is 23.1 Å². The molecule has 0 aliphatic carbocycles. The quantitative estimate of drug-likeness (QED) is 0.195. The predicted octanol–water partition coefficient (Wildman–Crippen LogP) is 6.60. The molecule has 8 nitrogen and oxygen atoms in total. The Morgan fingerprint density at radius 1 is 0.617 bits per heavy atom. The zero-order valence-corrected chi connectivity index (χ0v) is 28.1. The highest BCUT2D eigenvalue weighted by atomic mass is 32.1. The van der Waals surface area contributed by atoms with Gasteiger partial charge >= 0.3 is 0 Å². The number of benzene rings is 4. The van der Waals surface area contributed by atoms with Crippen molar-refractivity contribution in [2.75, 3.05) is 35.0 Å². The van der Waals surface area contributed by atoms with Crippen molar-refractivity contribution in [3.05, 3.63) is 119 Å². The molecule has 244 valence electrons. The average Bonchev–Trinajstić information content (AvgIpc) is 3.12. The minimum Gasteiger partial charge on any atom is -0.497 e. The molecule has 2 saturated heterocycles. The predicted molar refractivity (Wildman–Crippen MR) is 186 cm³/mol. The summed E-state index contributed by atoms with van der Waals surface area (Å²) in [5.74, 6) is 2.24. The number of methoxy groups -OCH3 is 4. The van der Waals surface area contributed by atoms with Gasteiger partial charge in [-0.2, -0.15) is 0 Å². The zero-order chi connectivity index (χ0) is 33.1. The maximum Gasteiger partial charge on any atom is 0.170 e. The van der Waals surface area contributed by atoms with Crippen molar-refractivity contribution in [1.29, 1.82) is 0 Å². The van der Waals surface area contributed by atoms with Crippen LogP contribution < -0.4 is 29.6 Å². The lowest BCUT2D eigenvalue weighted by atomic mass is 9.63.